The molecule has 66 valence electrons. The highest BCUT2D eigenvalue weighted by molar-refractivity contribution is 5.58. The number of hydrogen-bond acceptors (Lipinski definition) is 3. The van der Waals surface area contributed by atoms with E-state index in [9.17, 15) is 0 Å². The van der Waals surface area contributed by atoms with E-state index in [4.69, 9.17) is 0 Å². The SMILES string of the molecule is CNc1ncc(-c2cccnc2)[nH]1. The maximum absolute atomic E-state index is 4.12. The third-order valence-corrected chi connectivity index (χ3v) is 1.79. The lowest BCUT2D eigenvalue weighted by Gasteiger charge is -1.94. The molecule has 2 N–H and O–H groups in total. The van der Waals surface area contributed by atoms with Crippen LogP contribution in [0.4, 0.5) is 5.95 Å². The molecule has 0 aliphatic heterocycles. The predicted molar refractivity (Wildman–Crippen MR) is 51.4 cm³/mol. The molecule has 0 amide bonds. The van der Waals surface area contributed by atoms with Gasteiger partial charge in [0.15, 0.2) is 5.95 Å². The summed E-state index contributed by atoms with van der Waals surface area (Å²) in [6.45, 7) is 0. The van der Waals surface area contributed by atoms with Crippen LogP contribution < -0.4 is 5.32 Å². The molecule has 0 saturated carbocycles. The van der Waals surface area contributed by atoms with E-state index in [-0.39, 0.29) is 0 Å². The Hall–Kier alpha value is -1.84. The van der Waals surface area contributed by atoms with Gasteiger partial charge in [0, 0.05) is 25.0 Å². The van der Waals surface area contributed by atoms with Crippen molar-refractivity contribution in [1.29, 1.82) is 0 Å². The molecule has 2 heterocycles. The number of aromatic nitrogens is 3. The number of anilines is 1. The third-order valence-electron chi connectivity index (χ3n) is 1.79. The lowest BCUT2D eigenvalue weighted by atomic mass is 10.2. The van der Waals surface area contributed by atoms with E-state index >= 15 is 0 Å². The molecular formula is C9H10N4. The molecule has 13 heavy (non-hydrogen) atoms. The number of pyridine rings is 1. The molecule has 0 atom stereocenters. The summed E-state index contributed by atoms with van der Waals surface area (Å²) in [6, 6.07) is 3.88. The smallest absolute Gasteiger partial charge is 0.200 e. The normalized spacial score (nSPS) is 9.92. The average molecular weight is 174 g/mol. The second kappa shape index (κ2) is 3.26. The van der Waals surface area contributed by atoms with Crippen molar-refractivity contribution >= 4 is 5.95 Å². The Labute approximate surface area is 76.1 Å². The van der Waals surface area contributed by atoms with Crippen molar-refractivity contribution in [2.45, 2.75) is 0 Å². The molecule has 2 aromatic heterocycles. The van der Waals surface area contributed by atoms with Crippen LogP contribution in [-0.4, -0.2) is 22.0 Å². The first-order chi connectivity index (χ1) is 6.40. The Balaban J connectivity index is 2.36. The Bertz CT molecular complexity index is 380. The van der Waals surface area contributed by atoms with Gasteiger partial charge in [-0.2, -0.15) is 0 Å². The van der Waals surface area contributed by atoms with E-state index in [0.29, 0.717) is 0 Å². The minimum Gasteiger partial charge on any atom is -0.359 e. The summed E-state index contributed by atoms with van der Waals surface area (Å²) in [6.07, 6.45) is 5.33. The van der Waals surface area contributed by atoms with Crippen molar-refractivity contribution < 1.29 is 0 Å². The van der Waals surface area contributed by atoms with Gasteiger partial charge in [0.1, 0.15) is 0 Å². The molecule has 4 nitrogen and oxygen atoms in total. The molecule has 0 aliphatic rings. The highest BCUT2D eigenvalue weighted by Gasteiger charge is 2.00. The Morgan fingerprint density at radius 3 is 2.92 bits per heavy atom. The number of H-pyrrole nitrogens is 1. The fourth-order valence-electron chi connectivity index (χ4n) is 1.12. The number of nitrogens with one attached hydrogen (secondary N) is 2. The molecule has 2 rings (SSSR count). The summed E-state index contributed by atoms with van der Waals surface area (Å²) in [4.78, 5) is 11.3. The molecule has 0 spiro atoms. The number of nitrogens with zero attached hydrogens (tertiary/aromatic N) is 2. The number of hydrogen-bond donors (Lipinski definition) is 2. The van der Waals surface area contributed by atoms with E-state index in [1.807, 2.05) is 19.2 Å². The largest absolute Gasteiger partial charge is 0.359 e. The minimum absolute atomic E-state index is 0.763. The van der Waals surface area contributed by atoms with Gasteiger partial charge < -0.3 is 10.3 Å². The Morgan fingerprint density at radius 1 is 1.38 bits per heavy atom. The number of rotatable bonds is 2. The first kappa shape index (κ1) is 7.79. The lowest BCUT2D eigenvalue weighted by molar-refractivity contribution is 1.26. The highest BCUT2D eigenvalue weighted by atomic mass is 15.1. The first-order valence-electron chi connectivity index (χ1n) is 4.03. The van der Waals surface area contributed by atoms with E-state index in [2.05, 4.69) is 20.3 Å². The number of imidazole rings is 1. The van der Waals surface area contributed by atoms with Crippen LogP contribution >= 0.6 is 0 Å². The van der Waals surface area contributed by atoms with E-state index < -0.39 is 0 Å². The first-order valence-corrected chi connectivity index (χ1v) is 4.03. The lowest BCUT2D eigenvalue weighted by Crippen LogP contribution is -1.89. The molecular weight excluding hydrogens is 164 g/mol. The van der Waals surface area contributed by atoms with Crippen molar-refractivity contribution in [3.05, 3.63) is 30.7 Å². The van der Waals surface area contributed by atoms with Crippen LogP contribution in [0.25, 0.3) is 11.3 Å². The van der Waals surface area contributed by atoms with Gasteiger partial charge in [0.05, 0.1) is 11.9 Å². The maximum atomic E-state index is 4.12. The Morgan fingerprint density at radius 2 is 2.31 bits per heavy atom. The molecule has 4 heteroatoms. The van der Waals surface area contributed by atoms with Gasteiger partial charge in [0.25, 0.3) is 0 Å². The average Bonchev–Trinajstić information content (AvgIpc) is 2.67. The van der Waals surface area contributed by atoms with Crippen molar-refractivity contribution in [1.82, 2.24) is 15.0 Å². The summed E-state index contributed by atoms with van der Waals surface area (Å²) in [7, 11) is 1.83. The second-order valence-corrected chi connectivity index (χ2v) is 2.64. The zero-order valence-corrected chi connectivity index (χ0v) is 7.28. The molecule has 0 radical (unpaired) electrons. The van der Waals surface area contributed by atoms with Crippen molar-refractivity contribution in [2.75, 3.05) is 12.4 Å². The van der Waals surface area contributed by atoms with Gasteiger partial charge in [-0.05, 0) is 12.1 Å². The van der Waals surface area contributed by atoms with Gasteiger partial charge in [-0.15, -0.1) is 0 Å². The molecule has 2 aromatic rings. The van der Waals surface area contributed by atoms with Crippen LogP contribution in [0.15, 0.2) is 30.7 Å². The highest BCUT2D eigenvalue weighted by Crippen LogP contribution is 2.16. The van der Waals surface area contributed by atoms with Gasteiger partial charge in [-0.25, -0.2) is 4.98 Å². The number of aromatic amines is 1. The van der Waals surface area contributed by atoms with Gasteiger partial charge in [-0.1, -0.05) is 0 Å². The summed E-state index contributed by atoms with van der Waals surface area (Å²) < 4.78 is 0. The monoisotopic (exact) mass is 174 g/mol. The van der Waals surface area contributed by atoms with Crippen molar-refractivity contribution in [2.24, 2.45) is 0 Å². The summed E-state index contributed by atoms with van der Waals surface area (Å²) >= 11 is 0. The quantitative estimate of drug-likeness (QED) is 0.725. The summed E-state index contributed by atoms with van der Waals surface area (Å²) in [5.41, 5.74) is 2.01. The minimum atomic E-state index is 0.763. The molecule has 0 aliphatic carbocycles. The van der Waals surface area contributed by atoms with E-state index in [1.54, 1.807) is 18.6 Å². The topological polar surface area (TPSA) is 53.6 Å². The Kier molecular flexibility index (Phi) is 1.96. The van der Waals surface area contributed by atoms with Crippen LogP contribution in [0.5, 0.6) is 0 Å². The predicted octanol–water partition coefficient (Wildman–Crippen LogP) is 1.51. The second-order valence-electron chi connectivity index (χ2n) is 2.64. The van der Waals surface area contributed by atoms with Gasteiger partial charge >= 0.3 is 0 Å². The van der Waals surface area contributed by atoms with Crippen LogP contribution in [0.1, 0.15) is 0 Å². The van der Waals surface area contributed by atoms with E-state index in [0.717, 1.165) is 17.2 Å². The van der Waals surface area contributed by atoms with Crippen LogP contribution in [0.2, 0.25) is 0 Å². The van der Waals surface area contributed by atoms with Crippen molar-refractivity contribution in [3.8, 4) is 11.3 Å². The fourth-order valence-corrected chi connectivity index (χ4v) is 1.12. The van der Waals surface area contributed by atoms with Gasteiger partial charge in [0.2, 0.25) is 0 Å². The third kappa shape index (κ3) is 1.51. The zero-order valence-electron chi connectivity index (χ0n) is 7.28. The van der Waals surface area contributed by atoms with Crippen LogP contribution in [0, 0.1) is 0 Å². The van der Waals surface area contributed by atoms with Gasteiger partial charge in [-0.3, -0.25) is 4.98 Å². The van der Waals surface area contributed by atoms with Crippen LogP contribution in [-0.2, 0) is 0 Å². The van der Waals surface area contributed by atoms with E-state index in [1.165, 1.54) is 0 Å². The zero-order chi connectivity index (χ0) is 9.10. The maximum Gasteiger partial charge on any atom is 0.200 e. The fraction of sp³-hybridized carbons (Fsp3) is 0.111. The summed E-state index contributed by atoms with van der Waals surface area (Å²) in [5, 5.41) is 2.93. The molecule has 0 aromatic carbocycles. The molecule has 0 unspecified atom stereocenters. The van der Waals surface area contributed by atoms with Crippen LogP contribution in [0.3, 0.4) is 0 Å². The molecule has 0 saturated heterocycles. The summed E-state index contributed by atoms with van der Waals surface area (Å²) in [5.74, 6) is 0.763. The van der Waals surface area contributed by atoms with Crippen molar-refractivity contribution in [3.63, 3.8) is 0 Å². The molecule has 0 bridgehead atoms. The molecule has 0 fully saturated rings. The standard InChI is InChI=1S/C9H10N4/c1-10-9-12-6-8(13-9)7-3-2-4-11-5-7/h2-6H,1H3,(H2,10,12,13).